The molecule has 0 bridgehead atoms. The lowest BCUT2D eigenvalue weighted by molar-refractivity contribution is 1.64. The van der Waals surface area contributed by atoms with Crippen molar-refractivity contribution in [2.45, 2.75) is 0 Å². The van der Waals surface area contributed by atoms with Gasteiger partial charge in [0.2, 0.25) is 0 Å². The van der Waals surface area contributed by atoms with Gasteiger partial charge in [0.05, 0.1) is 61.7 Å². The third-order valence-corrected chi connectivity index (χ3v) is 9.18. The second-order valence-electron chi connectivity index (χ2n) is 7.27. The van der Waals surface area contributed by atoms with Crippen molar-refractivity contribution < 1.29 is 0 Å². The molecule has 0 radical (unpaired) electrons. The molecule has 0 aliphatic carbocycles. The zero-order chi connectivity index (χ0) is 25.0. The van der Waals surface area contributed by atoms with Crippen LogP contribution in [0.4, 0.5) is 0 Å². The molecule has 0 N–H and O–H groups in total. The molecule has 34 heavy (non-hydrogen) atoms. The summed E-state index contributed by atoms with van der Waals surface area (Å²) in [5.41, 5.74) is -2.94. The van der Waals surface area contributed by atoms with Crippen LogP contribution in [-0.4, -0.2) is 0 Å². The van der Waals surface area contributed by atoms with Crippen molar-refractivity contribution >= 4 is 136 Å². The lowest BCUT2D eigenvalue weighted by Gasteiger charge is -2.11. The van der Waals surface area contributed by atoms with Crippen LogP contribution in [0.25, 0.3) is 43.1 Å². The summed E-state index contributed by atoms with van der Waals surface area (Å²) >= 11 is 49.2. The Hall–Kier alpha value is -1.34. The molecular weight excluding hydrogens is 612 g/mol. The van der Waals surface area contributed by atoms with Gasteiger partial charge in [-0.15, -0.1) is 0 Å². The summed E-state index contributed by atoms with van der Waals surface area (Å²) in [4.78, 5) is 53.4. The first-order valence-electron chi connectivity index (χ1n) is 8.98. The van der Waals surface area contributed by atoms with Crippen LogP contribution in [0.5, 0.6) is 0 Å². The van der Waals surface area contributed by atoms with Crippen molar-refractivity contribution in [1.82, 2.24) is 0 Å². The predicted molar refractivity (Wildman–Crippen MR) is 144 cm³/mol. The van der Waals surface area contributed by atoms with Gasteiger partial charge in [0, 0.05) is 21.5 Å². The van der Waals surface area contributed by atoms with Crippen molar-refractivity contribution in [2.24, 2.45) is 0 Å². The van der Waals surface area contributed by atoms with E-state index in [1.54, 1.807) is 0 Å². The third-order valence-electron chi connectivity index (χ3n) is 5.58. The van der Waals surface area contributed by atoms with E-state index < -0.39 is 21.7 Å². The van der Waals surface area contributed by atoms with Crippen LogP contribution in [0.3, 0.4) is 0 Å². The highest BCUT2D eigenvalue weighted by molar-refractivity contribution is 6.56. The first-order valence-corrected chi connectivity index (χ1v) is 12.0. The Kier molecular flexibility index (Phi) is 5.79. The number of hydrogen-bond donors (Lipinski definition) is 0. The van der Waals surface area contributed by atoms with E-state index in [4.69, 9.17) is 92.8 Å². The maximum atomic E-state index is 13.4. The van der Waals surface area contributed by atoms with Crippen molar-refractivity contribution in [1.29, 1.82) is 0 Å². The number of fused-ring (bicyclic) bond motifs is 4. The van der Waals surface area contributed by atoms with E-state index in [2.05, 4.69) is 0 Å². The molecular formula is C22H2Cl8O4. The van der Waals surface area contributed by atoms with E-state index in [1.165, 1.54) is 0 Å². The summed E-state index contributed by atoms with van der Waals surface area (Å²) < 4.78 is 0. The molecule has 5 aromatic rings. The monoisotopic (exact) mass is 610 g/mol. The minimum absolute atomic E-state index is 0.181. The molecule has 0 saturated carbocycles. The van der Waals surface area contributed by atoms with E-state index in [0.717, 1.165) is 12.1 Å². The van der Waals surface area contributed by atoms with Crippen LogP contribution in [0, 0.1) is 0 Å². The summed E-state index contributed by atoms with van der Waals surface area (Å²) in [5, 5.41) is -3.65. The molecule has 0 aromatic heterocycles. The first kappa shape index (κ1) is 24.4. The standard InChI is InChI=1S/C22H2Cl8O4/c23-11-7-9(13(25)17(29)15(11)27)21(33)5-2-6-4(1-3(5)19(7)31)20(32)8-10(22(6)34)14(26)18(30)16(28)12(8)24/h1-2H. The fourth-order valence-electron chi connectivity index (χ4n) is 4.01. The Morgan fingerprint density at radius 1 is 0.324 bits per heavy atom. The Labute approximate surface area is 227 Å². The van der Waals surface area contributed by atoms with Crippen molar-refractivity contribution in [3.63, 3.8) is 0 Å². The zero-order valence-corrected chi connectivity index (χ0v) is 21.9. The highest BCUT2D eigenvalue weighted by Gasteiger charge is 2.25. The summed E-state index contributed by atoms with van der Waals surface area (Å²) in [6.45, 7) is 0. The smallest absolute Gasteiger partial charge is 0.196 e. The molecule has 0 aliphatic rings. The second kappa shape index (κ2) is 8.09. The van der Waals surface area contributed by atoms with E-state index in [1.807, 2.05) is 0 Å². The Bertz CT molecular complexity index is 1740. The highest BCUT2D eigenvalue weighted by atomic mass is 35.5. The molecule has 0 heterocycles. The average molecular weight is 614 g/mol. The van der Waals surface area contributed by atoms with Crippen LogP contribution in [0.15, 0.2) is 31.3 Å². The van der Waals surface area contributed by atoms with Gasteiger partial charge in [0.1, 0.15) is 0 Å². The van der Waals surface area contributed by atoms with Gasteiger partial charge >= 0.3 is 0 Å². The molecule has 4 nitrogen and oxygen atoms in total. The number of hydrogen-bond acceptors (Lipinski definition) is 4. The number of benzene rings is 5. The highest BCUT2D eigenvalue weighted by Crippen LogP contribution is 2.43. The van der Waals surface area contributed by atoms with Crippen molar-refractivity contribution in [3.8, 4) is 0 Å². The normalized spacial score (nSPS) is 12.0. The lowest BCUT2D eigenvalue weighted by atomic mass is 9.96. The average Bonchev–Trinajstić information content (AvgIpc) is 2.82. The number of halogens is 8. The van der Waals surface area contributed by atoms with Crippen molar-refractivity contribution in [2.75, 3.05) is 0 Å². The Morgan fingerprint density at radius 3 is 0.676 bits per heavy atom. The maximum Gasteiger partial charge on any atom is 0.196 e. The van der Waals surface area contributed by atoms with Gasteiger partial charge < -0.3 is 0 Å². The van der Waals surface area contributed by atoms with Gasteiger partial charge in [0.25, 0.3) is 0 Å². The van der Waals surface area contributed by atoms with Crippen LogP contribution in [0.2, 0.25) is 40.2 Å². The summed E-state index contributed by atoms with van der Waals surface area (Å²) in [6, 6.07) is 2.24. The van der Waals surface area contributed by atoms with Gasteiger partial charge in [-0.05, 0) is 12.1 Å². The van der Waals surface area contributed by atoms with Crippen molar-refractivity contribution in [3.05, 3.63) is 93.2 Å². The van der Waals surface area contributed by atoms with E-state index in [0.29, 0.717) is 0 Å². The SMILES string of the molecule is O=c1c2cc3c(=O)c4c(Cl)c(Cl)c(Cl)c(Cl)c4c(=O)c3cc2c(=O)c2c(Cl)c(Cl)c(Cl)c(Cl)c12. The molecule has 5 rings (SSSR count). The Morgan fingerprint density at radius 2 is 0.500 bits per heavy atom. The molecule has 0 aliphatic heterocycles. The molecule has 12 heteroatoms. The zero-order valence-electron chi connectivity index (χ0n) is 15.8. The van der Waals surface area contributed by atoms with Crippen LogP contribution in [-0.2, 0) is 0 Å². The third kappa shape index (κ3) is 3.01. The van der Waals surface area contributed by atoms with E-state index >= 15 is 0 Å². The van der Waals surface area contributed by atoms with Gasteiger partial charge in [-0.3, -0.25) is 19.2 Å². The lowest BCUT2D eigenvalue weighted by Crippen LogP contribution is -2.18. The van der Waals surface area contributed by atoms with E-state index in [-0.39, 0.29) is 83.3 Å². The summed E-state index contributed by atoms with van der Waals surface area (Å²) in [5.74, 6) is 0. The molecule has 0 fully saturated rings. The molecule has 0 amide bonds. The van der Waals surface area contributed by atoms with Crippen LogP contribution < -0.4 is 21.7 Å². The molecule has 5 aromatic carbocycles. The second-order valence-corrected chi connectivity index (χ2v) is 10.3. The quantitative estimate of drug-likeness (QED) is 0.101. The maximum absolute atomic E-state index is 13.4. The molecule has 0 spiro atoms. The van der Waals surface area contributed by atoms with Gasteiger partial charge in [-0.25, -0.2) is 0 Å². The Balaban J connectivity index is 2.16. The summed E-state index contributed by atoms with van der Waals surface area (Å²) in [6.07, 6.45) is 0. The topological polar surface area (TPSA) is 68.3 Å². The van der Waals surface area contributed by atoms with Gasteiger partial charge in [-0.2, -0.15) is 0 Å². The largest absolute Gasteiger partial charge is 0.289 e. The van der Waals surface area contributed by atoms with Crippen LogP contribution in [0.1, 0.15) is 0 Å². The van der Waals surface area contributed by atoms with Gasteiger partial charge in [0.15, 0.2) is 21.7 Å². The first-order chi connectivity index (χ1) is 15.9. The van der Waals surface area contributed by atoms with Crippen LogP contribution >= 0.6 is 92.8 Å². The fourth-order valence-corrected chi connectivity index (χ4v) is 6.05. The van der Waals surface area contributed by atoms with E-state index in [9.17, 15) is 19.2 Å². The summed E-state index contributed by atoms with van der Waals surface area (Å²) in [7, 11) is 0. The molecule has 170 valence electrons. The minimum atomic E-state index is -0.734. The molecule has 0 saturated heterocycles. The van der Waals surface area contributed by atoms with Gasteiger partial charge in [-0.1, -0.05) is 92.8 Å². The fraction of sp³-hybridized carbons (Fsp3) is 0. The predicted octanol–water partition coefficient (Wildman–Crippen LogP) is 7.84. The molecule has 0 unspecified atom stereocenters. The number of rotatable bonds is 0. The molecule has 0 atom stereocenters. The minimum Gasteiger partial charge on any atom is -0.289 e.